The standard InChI is InChI=1S/C13H17BrNS.BrH/c1-11-15(10-6-2-5-9-14)12-7-3-4-8-13(12)16-11;/h3-4,7-8H,2,5-6,9-10H2,1H3;1H/q+1;/p-1. The molecule has 0 amide bonds. The van der Waals surface area contributed by atoms with E-state index in [1.54, 1.807) is 0 Å². The number of aryl methyl sites for hydroxylation is 2. The third-order valence-corrected chi connectivity index (χ3v) is 4.45. The lowest BCUT2D eigenvalue weighted by molar-refractivity contribution is -0.673. The van der Waals surface area contributed by atoms with Crippen LogP contribution in [0.5, 0.6) is 0 Å². The number of alkyl halides is 1. The average Bonchev–Trinajstić information content (AvgIpc) is 2.61. The lowest BCUT2D eigenvalue weighted by Crippen LogP contribution is -3.00. The van der Waals surface area contributed by atoms with Gasteiger partial charge in [0.05, 0.1) is 0 Å². The van der Waals surface area contributed by atoms with E-state index in [1.165, 1.54) is 34.5 Å². The Kier molecular flexibility index (Phi) is 6.67. The molecule has 0 unspecified atom stereocenters. The molecule has 0 saturated carbocycles. The molecule has 17 heavy (non-hydrogen) atoms. The number of rotatable bonds is 5. The number of unbranched alkanes of at least 4 members (excludes halogenated alkanes) is 2. The zero-order chi connectivity index (χ0) is 11.4. The maximum absolute atomic E-state index is 3.48. The first-order valence-corrected chi connectivity index (χ1v) is 7.70. The van der Waals surface area contributed by atoms with E-state index in [1.807, 2.05) is 11.3 Å². The van der Waals surface area contributed by atoms with Crippen LogP contribution < -0.4 is 21.5 Å². The zero-order valence-corrected chi connectivity index (χ0v) is 13.9. The minimum absolute atomic E-state index is 0. The molecule has 0 spiro atoms. The summed E-state index contributed by atoms with van der Waals surface area (Å²) in [4.78, 5) is 0. The van der Waals surface area contributed by atoms with Crippen LogP contribution in [0.25, 0.3) is 10.2 Å². The van der Waals surface area contributed by atoms with Crippen molar-refractivity contribution in [2.75, 3.05) is 5.33 Å². The van der Waals surface area contributed by atoms with E-state index in [9.17, 15) is 0 Å². The smallest absolute Gasteiger partial charge is 0.235 e. The quantitative estimate of drug-likeness (QED) is 0.416. The molecule has 2 aromatic rings. The lowest BCUT2D eigenvalue weighted by atomic mass is 10.2. The molecule has 1 nitrogen and oxygen atoms in total. The Labute approximate surface area is 126 Å². The number of benzene rings is 1. The molecule has 0 radical (unpaired) electrons. The third-order valence-electron chi connectivity index (χ3n) is 2.81. The van der Waals surface area contributed by atoms with E-state index in [0.717, 1.165) is 11.9 Å². The van der Waals surface area contributed by atoms with Crippen molar-refractivity contribution < 1.29 is 21.5 Å². The second-order valence-corrected chi connectivity index (χ2v) is 6.02. The number of fused-ring (bicyclic) bond motifs is 1. The topological polar surface area (TPSA) is 3.88 Å². The molecule has 0 aliphatic carbocycles. The first kappa shape index (κ1) is 15.1. The molecule has 1 heterocycles. The number of halogens is 2. The van der Waals surface area contributed by atoms with Gasteiger partial charge in [-0.3, -0.25) is 0 Å². The summed E-state index contributed by atoms with van der Waals surface area (Å²) in [6.07, 6.45) is 3.86. The summed E-state index contributed by atoms with van der Waals surface area (Å²) in [5, 5.41) is 2.54. The normalized spacial score (nSPS) is 10.5. The summed E-state index contributed by atoms with van der Waals surface area (Å²) in [5.74, 6) is 0. The van der Waals surface area contributed by atoms with Gasteiger partial charge >= 0.3 is 0 Å². The number of nitrogens with zero attached hydrogens (tertiary/aromatic N) is 1. The molecule has 0 N–H and O–H groups in total. The van der Waals surface area contributed by atoms with Gasteiger partial charge in [-0.05, 0) is 18.9 Å². The van der Waals surface area contributed by atoms with E-state index in [0.29, 0.717) is 0 Å². The molecule has 0 bridgehead atoms. The van der Waals surface area contributed by atoms with Gasteiger partial charge in [0.25, 0.3) is 0 Å². The Morgan fingerprint density at radius 1 is 1.18 bits per heavy atom. The summed E-state index contributed by atoms with van der Waals surface area (Å²) >= 11 is 5.37. The first-order valence-electron chi connectivity index (χ1n) is 5.77. The van der Waals surface area contributed by atoms with Gasteiger partial charge in [-0.2, -0.15) is 4.57 Å². The van der Waals surface area contributed by atoms with Crippen molar-refractivity contribution in [1.29, 1.82) is 0 Å². The zero-order valence-electron chi connectivity index (χ0n) is 9.96. The van der Waals surface area contributed by atoms with Gasteiger partial charge in [0.15, 0.2) is 0 Å². The largest absolute Gasteiger partial charge is 1.00 e. The predicted molar refractivity (Wildman–Crippen MR) is 74.4 cm³/mol. The maximum atomic E-state index is 3.48. The Balaban J connectivity index is 0.00000144. The van der Waals surface area contributed by atoms with Crippen LogP contribution in [0.2, 0.25) is 0 Å². The van der Waals surface area contributed by atoms with E-state index >= 15 is 0 Å². The van der Waals surface area contributed by atoms with Gasteiger partial charge in [-0.15, -0.1) is 0 Å². The number of hydrogen-bond acceptors (Lipinski definition) is 1. The molecule has 4 heteroatoms. The van der Waals surface area contributed by atoms with Crippen molar-refractivity contribution in [1.82, 2.24) is 0 Å². The average molecular weight is 379 g/mol. The van der Waals surface area contributed by atoms with Crippen molar-refractivity contribution in [2.24, 2.45) is 0 Å². The number of thiazole rings is 1. The van der Waals surface area contributed by atoms with Gasteiger partial charge in [-0.25, -0.2) is 0 Å². The number of para-hydroxylation sites is 1. The fraction of sp³-hybridized carbons (Fsp3) is 0.462. The molecular formula is C13H17Br2NS. The molecule has 1 aromatic carbocycles. The van der Waals surface area contributed by atoms with Crippen LogP contribution in [0.3, 0.4) is 0 Å². The highest BCUT2D eigenvalue weighted by atomic mass is 79.9. The minimum Gasteiger partial charge on any atom is -1.00 e. The molecule has 0 fully saturated rings. The van der Waals surface area contributed by atoms with E-state index < -0.39 is 0 Å². The summed E-state index contributed by atoms with van der Waals surface area (Å²) in [5.41, 5.74) is 1.39. The molecule has 0 atom stereocenters. The van der Waals surface area contributed by atoms with Crippen LogP contribution in [0.15, 0.2) is 24.3 Å². The molecule has 0 aliphatic rings. The van der Waals surface area contributed by atoms with Crippen LogP contribution >= 0.6 is 27.3 Å². The third kappa shape index (κ3) is 3.76. The molecule has 0 saturated heterocycles. The van der Waals surface area contributed by atoms with Gasteiger partial charge in [0.2, 0.25) is 10.5 Å². The van der Waals surface area contributed by atoms with Crippen LogP contribution in [-0.2, 0) is 6.54 Å². The van der Waals surface area contributed by atoms with Crippen LogP contribution in [0.1, 0.15) is 24.3 Å². The predicted octanol–water partition coefficient (Wildman–Crippen LogP) is 1.07. The van der Waals surface area contributed by atoms with Crippen molar-refractivity contribution in [3.8, 4) is 0 Å². The van der Waals surface area contributed by atoms with Crippen molar-refractivity contribution >= 4 is 37.5 Å². The van der Waals surface area contributed by atoms with Gasteiger partial charge in [0, 0.05) is 24.7 Å². The summed E-state index contributed by atoms with van der Waals surface area (Å²) in [6, 6.07) is 8.68. The Morgan fingerprint density at radius 3 is 2.71 bits per heavy atom. The fourth-order valence-electron chi connectivity index (χ4n) is 1.97. The van der Waals surface area contributed by atoms with E-state index in [2.05, 4.69) is 51.7 Å². The number of hydrogen-bond donors (Lipinski definition) is 0. The summed E-state index contributed by atoms with van der Waals surface area (Å²) in [7, 11) is 0. The van der Waals surface area contributed by atoms with Crippen molar-refractivity contribution in [3.63, 3.8) is 0 Å². The SMILES string of the molecule is Cc1sc2ccccc2[n+]1CCCCCBr.[Br-]. The molecule has 1 aromatic heterocycles. The van der Waals surface area contributed by atoms with Crippen LogP contribution in [0.4, 0.5) is 0 Å². The Bertz CT molecular complexity index is 467. The highest BCUT2D eigenvalue weighted by Crippen LogP contribution is 2.19. The van der Waals surface area contributed by atoms with Crippen LogP contribution in [0, 0.1) is 6.92 Å². The Morgan fingerprint density at radius 2 is 1.94 bits per heavy atom. The van der Waals surface area contributed by atoms with Gasteiger partial charge < -0.3 is 17.0 Å². The summed E-state index contributed by atoms with van der Waals surface area (Å²) < 4.78 is 3.86. The minimum atomic E-state index is 0. The van der Waals surface area contributed by atoms with E-state index in [-0.39, 0.29) is 17.0 Å². The van der Waals surface area contributed by atoms with Gasteiger partial charge in [-0.1, -0.05) is 39.4 Å². The first-order chi connectivity index (χ1) is 7.83. The number of aromatic nitrogens is 1. The van der Waals surface area contributed by atoms with Gasteiger partial charge in [0.1, 0.15) is 11.2 Å². The fourth-order valence-corrected chi connectivity index (χ4v) is 3.41. The monoisotopic (exact) mass is 377 g/mol. The van der Waals surface area contributed by atoms with E-state index in [4.69, 9.17) is 0 Å². The van der Waals surface area contributed by atoms with Crippen LogP contribution in [-0.4, -0.2) is 5.33 Å². The second-order valence-electron chi connectivity index (χ2n) is 3.99. The highest BCUT2D eigenvalue weighted by Gasteiger charge is 2.15. The molecule has 2 rings (SSSR count). The Hall–Kier alpha value is 0.0700. The summed E-state index contributed by atoms with van der Waals surface area (Å²) in [6.45, 7) is 3.37. The van der Waals surface area contributed by atoms with Crippen molar-refractivity contribution in [2.45, 2.75) is 32.7 Å². The molecule has 0 aliphatic heterocycles. The van der Waals surface area contributed by atoms with Crippen molar-refractivity contribution in [3.05, 3.63) is 29.3 Å². The molecule has 94 valence electrons. The maximum Gasteiger partial charge on any atom is 0.235 e. The highest BCUT2D eigenvalue weighted by molar-refractivity contribution is 9.09. The lowest BCUT2D eigenvalue weighted by Gasteiger charge is -1.96. The second kappa shape index (κ2) is 7.49. The molecular weight excluding hydrogens is 362 g/mol.